The molecule has 1 unspecified atom stereocenters. The predicted molar refractivity (Wildman–Crippen MR) is 93.2 cm³/mol. The van der Waals surface area contributed by atoms with Gasteiger partial charge in [0.1, 0.15) is 0 Å². The molecular weight excluding hydrogens is 272 g/mol. The fourth-order valence-electron chi connectivity index (χ4n) is 2.12. The van der Waals surface area contributed by atoms with E-state index in [4.69, 9.17) is 0 Å². The van der Waals surface area contributed by atoms with Crippen LogP contribution in [0.5, 0.6) is 0 Å². The van der Waals surface area contributed by atoms with Gasteiger partial charge in [0.2, 0.25) is 5.91 Å². The van der Waals surface area contributed by atoms with Crippen molar-refractivity contribution in [3.05, 3.63) is 60.2 Å². The Morgan fingerprint density at radius 1 is 1.00 bits per heavy atom. The second-order valence-corrected chi connectivity index (χ2v) is 5.54. The number of nitrogens with one attached hydrogen (secondary N) is 2. The fraction of sp³-hybridized carbons (Fsp3) is 0.316. The third-order valence-corrected chi connectivity index (χ3v) is 3.80. The SMILES string of the molecule is CCC(C)C(=O)Nc1ccc(NCCc2ccccc2)cc1. The number of anilines is 2. The van der Waals surface area contributed by atoms with Crippen molar-refractivity contribution in [1.29, 1.82) is 0 Å². The molecule has 0 aromatic heterocycles. The van der Waals surface area contributed by atoms with Crippen molar-refractivity contribution < 1.29 is 4.79 Å². The van der Waals surface area contributed by atoms with Gasteiger partial charge in [0.05, 0.1) is 0 Å². The van der Waals surface area contributed by atoms with Crippen LogP contribution in [-0.4, -0.2) is 12.5 Å². The number of amides is 1. The molecule has 1 atom stereocenters. The molecule has 3 heteroatoms. The first-order valence-electron chi connectivity index (χ1n) is 7.87. The predicted octanol–water partition coefficient (Wildman–Crippen LogP) is 4.33. The van der Waals surface area contributed by atoms with Crippen molar-refractivity contribution in [3.63, 3.8) is 0 Å². The number of carbonyl (C=O) groups is 1. The van der Waals surface area contributed by atoms with Crippen molar-refractivity contribution in [2.45, 2.75) is 26.7 Å². The Kier molecular flexibility index (Phi) is 6.01. The third kappa shape index (κ3) is 4.92. The van der Waals surface area contributed by atoms with E-state index in [1.807, 2.05) is 44.2 Å². The third-order valence-electron chi connectivity index (χ3n) is 3.80. The summed E-state index contributed by atoms with van der Waals surface area (Å²) in [5, 5.41) is 6.33. The minimum atomic E-state index is 0.0451. The van der Waals surface area contributed by atoms with Crippen LogP contribution >= 0.6 is 0 Å². The summed E-state index contributed by atoms with van der Waals surface area (Å²) < 4.78 is 0. The molecule has 1 amide bonds. The lowest BCUT2D eigenvalue weighted by Crippen LogP contribution is -2.19. The van der Waals surface area contributed by atoms with Crippen LogP contribution in [0, 0.1) is 5.92 Å². The zero-order valence-electron chi connectivity index (χ0n) is 13.3. The van der Waals surface area contributed by atoms with E-state index in [2.05, 4.69) is 34.9 Å². The van der Waals surface area contributed by atoms with Crippen LogP contribution in [-0.2, 0) is 11.2 Å². The molecule has 0 aliphatic heterocycles. The van der Waals surface area contributed by atoms with Crippen molar-refractivity contribution in [2.24, 2.45) is 5.92 Å². The van der Waals surface area contributed by atoms with Gasteiger partial charge in [-0.15, -0.1) is 0 Å². The molecule has 0 spiro atoms. The summed E-state index contributed by atoms with van der Waals surface area (Å²) in [6, 6.07) is 18.3. The van der Waals surface area contributed by atoms with Gasteiger partial charge in [-0.3, -0.25) is 4.79 Å². The van der Waals surface area contributed by atoms with Crippen molar-refractivity contribution in [1.82, 2.24) is 0 Å². The highest BCUT2D eigenvalue weighted by atomic mass is 16.1. The van der Waals surface area contributed by atoms with Crippen LogP contribution in [0.25, 0.3) is 0 Å². The van der Waals surface area contributed by atoms with E-state index in [0.29, 0.717) is 0 Å². The smallest absolute Gasteiger partial charge is 0.227 e. The summed E-state index contributed by atoms with van der Waals surface area (Å²) in [6.45, 7) is 4.85. The van der Waals surface area contributed by atoms with E-state index in [1.165, 1.54) is 5.56 Å². The highest BCUT2D eigenvalue weighted by molar-refractivity contribution is 5.92. The monoisotopic (exact) mass is 296 g/mol. The average Bonchev–Trinajstić information content (AvgIpc) is 2.56. The van der Waals surface area contributed by atoms with Crippen LogP contribution in [0.3, 0.4) is 0 Å². The lowest BCUT2D eigenvalue weighted by molar-refractivity contribution is -0.119. The first-order valence-corrected chi connectivity index (χ1v) is 7.87. The van der Waals surface area contributed by atoms with Crippen molar-refractivity contribution >= 4 is 17.3 Å². The van der Waals surface area contributed by atoms with Gasteiger partial charge in [-0.2, -0.15) is 0 Å². The van der Waals surface area contributed by atoms with E-state index in [0.717, 1.165) is 30.8 Å². The van der Waals surface area contributed by atoms with Crippen molar-refractivity contribution in [2.75, 3.05) is 17.2 Å². The minimum Gasteiger partial charge on any atom is -0.385 e. The summed E-state index contributed by atoms with van der Waals surface area (Å²) in [7, 11) is 0. The van der Waals surface area contributed by atoms with Gasteiger partial charge in [-0.05, 0) is 42.7 Å². The van der Waals surface area contributed by atoms with Gasteiger partial charge in [0, 0.05) is 23.8 Å². The van der Waals surface area contributed by atoms with Gasteiger partial charge < -0.3 is 10.6 Å². The molecule has 22 heavy (non-hydrogen) atoms. The highest BCUT2D eigenvalue weighted by Gasteiger charge is 2.10. The number of carbonyl (C=O) groups excluding carboxylic acids is 1. The van der Waals surface area contributed by atoms with Gasteiger partial charge in [-0.1, -0.05) is 44.2 Å². The Balaban J connectivity index is 1.80. The Bertz CT molecular complexity index is 578. The molecule has 0 radical (unpaired) electrons. The molecule has 0 fully saturated rings. The van der Waals surface area contributed by atoms with Gasteiger partial charge in [0.25, 0.3) is 0 Å². The summed E-state index contributed by atoms with van der Waals surface area (Å²) >= 11 is 0. The largest absolute Gasteiger partial charge is 0.385 e. The van der Waals surface area contributed by atoms with E-state index in [1.54, 1.807) is 0 Å². The summed E-state index contributed by atoms with van der Waals surface area (Å²) in [6.07, 6.45) is 1.85. The van der Waals surface area contributed by atoms with Crippen LogP contribution in [0.2, 0.25) is 0 Å². The van der Waals surface area contributed by atoms with Crippen LogP contribution in [0.1, 0.15) is 25.8 Å². The maximum absolute atomic E-state index is 11.8. The Morgan fingerprint density at radius 3 is 2.27 bits per heavy atom. The number of rotatable bonds is 7. The molecule has 3 nitrogen and oxygen atoms in total. The molecule has 0 aliphatic carbocycles. The molecule has 2 N–H and O–H groups in total. The van der Waals surface area contributed by atoms with E-state index in [9.17, 15) is 4.79 Å². The zero-order valence-corrected chi connectivity index (χ0v) is 13.3. The summed E-state index contributed by atoms with van der Waals surface area (Å²) in [5.74, 6) is 0.121. The van der Waals surface area contributed by atoms with Crippen molar-refractivity contribution in [3.8, 4) is 0 Å². The molecule has 116 valence electrons. The van der Waals surface area contributed by atoms with E-state index in [-0.39, 0.29) is 11.8 Å². The van der Waals surface area contributed by atoms with Gasteiger partial charge in [-0.25, -0.2) is 0 Å². The Labute approximate surface area is 132 Å². The molecular formula is C19H24N2O. The lowest BCUT2D eigenvalue weighted by atomic mass is 10.1. The Morgan fingerprint density at radius 2 is 1.64 bits per heavy atom. The van der Waals surface area contributed by atoms with Gasteiger partial charge >= 0.3 is 0 Å². The number of hydrogen-bond donors (Lipinski definition) is 2. The molecule has 0 saturated carbocycles. The second-order valence-electron chi connectivity index (χ2n) is 5.54. The molecule has 0 heterocycles. The molecule has 2 rings (SSSR count). The minimum absolute atomic E-state index is 0.0451. The average molecular weight is 296 g/mol. The zero-order chi connectivity index (χ0) is 15.8. The number of hydrogen-bond acceptors (Lipinski definition) is 2. The molecule has 0 bridgehead atoms. The van der Waals surface area contributed by atoms with E-state index < -0.39 is 0 Å². The van der Waals surface area contributed by atoms with Crippen LogP contribution in [0.4, 0.5) is 11.4 Å². The quantitative estimate of drug-likeness (QED) is 0.798. The normalized spacial score (nSPS) is 11.7. The maximum Gasteiger partial charge on any atom is 0.227 e. The van der Waals surface area contributed by atoms with Gasteiger partial charge in [0.15, 0.2) is 0 Å². The fourth-order valence-corrected chi connectivity index (χ4v) is 2.12. The molecule has 2 aromatic rings. The standard InChI is InChI=1S/C19H24N2O/c1-3-15(2)19(22)21-18-11-9-17(10-12-18)20-14-13-16-7-5-4-6-8-16/h4-12,15,20H,3,13-14H2,1-2H3,(H,21,22). The lowest BCUT2D eigenvalue weighted by Gasteiger charge is -2.11. The first kappa shape index (κ1) is 16.1. The summed E-state index contributed by atoms with van der Waals surface area (Å²) in [4.78, 5) is 11.8. The van der Waals surface area contributed by atoms with E-state index >= 15 is 0 Å². The summed E-state index contributed by atoms with van der Waals surface area (Å²) in [5.41, 5.74) is 3.24. The second kappa shape index (κ2) is 8.23. The topological polar surface area (TPSA) is 41.1 Å². The molecule has 0 aliphatic rings. The highest BCUT2D eigenvalue weighted by Crippen LogP contribution is 2.15. The Hall–Kier alpha value is -2.29. The maximum atomic E-state index is 11.8. The number of benzene rings is 2. The molecule has 2 aromatic carbocycles. The first-order chi connectivity index (χ1) is 10.7. The molecule has 0 saturated heterocycles. The van der Waals surface area contributed by atoms with Crippen LogP contribution < -0.4 is 10.6 Å². The van der Waals surface area contributed by atoms with Crippen LogP contribution in [0.15, 0.2) is 54.6 Å².